The number of amides is 1. The number of hydrogen-bond donors (Lipinski definition) is 2. The second-order valence-corrected chi connectivity index (χ2v) is 6.32. The fourth-order valence-corrected chi connectivity index (χ4v) is 3.55. The number of aromatic nitrogens is 2. The zero-order chi connectivity index (χ0) is 15.2. The highest BCUT2D eigenvalue weighted by Crippen LogP contribution is 2.39. The molecule has 1 aromatic carbocycles. The van der Waals surface area contributed by atoms with Crippen molar-refractivity contribution in [2.45, 2.75) is 45.2 Å². The van der Waals surface area contributed by atoms with E-state index in [0.29, 0.717) is 17.1 Å². The summed E-state index contributed by atoms with van der Waals surface area (Å²) in [4.78, 5) is 22.1. The molecular weight excluding hydrogens is 371 g/mol. The van der Waals surface area contributed by atoms with E-state index < -0.39 is 5.91 Å². The lowest BCUT2D eigenvalue weighted by atomic mass is 9.97. The third-order valence-corrected chi connectivity index (χ3v) is 4.61. The molecule has 1 aliphatic rings. The Balaban J connectivity index is 0.00000176. The molecule has 1 amide bonds. The van der Waals surface area contributed by atoms with Gasteiger partial charge in [-0.25, -0.2) is 4.98 Å². The van der Waals surface area contributed by atoms with Crippen molar-refractivity contribution < 1.29 is 4.79 Å². The summed E-state index contributed by atoms with van der Waals surface area (Å²) in [5.74, 6) is 0.494. The van der Waals surface area contributed by atoms with E-state index in [1.54, 1.807) is 6.07 Å². The number of hydrogen-bond acceptors (Lipinski definition) is 3. The van der Waals surface area contributed by atoms with Crippen molar-refractivity contribution in [2.75, 3.05) is 6.54 Å². The van der Waals surface area contributed by atoms with Crippen molar-refractivity contribution in [3.8, 4) is 0 Å². The van der Waals surface area contributed by atoms with Crippen molar-refractivity contribution in [1.82, 2.24) is 14.9 Å². The Bertz CT molecular complexity index is 704. The summed E-state index contributed by atoms with van der Waals surface area (Å²) in [5.41, 5.74) is 7.37. The summed E-state index contributed by atoms with van der Waals surface area (Å²) < 4.78 is 0. The van der Waals surface area contributed by atoms with Gasteiger partial charge in [0.2, 0.25) is 0 Å². The lowest BCUT2D eigenvalue weighted by Crippen LogP contribution is -2.43. The number of imidazole rings is 1. The van der Waals surface area contributed by atoms with Crippen molar-refractivity contribution in [1.29, 1.82) is 0 Å². The van der Waals surface area contributed by atoms with E-state index in [4.69, 9.17) is 10.7 Å². The van der Waals surface area contributed by atoms with E-state index in [1.165, 1.54) is 0 Å². The fourth-order valence-electron chi connectivity index (χ4n) is 3.55. The van der Waals surface area contributed by atoms with Gasteiger partial charge in [-0.3, -0.25) is 9.69 Å². The third kappa shape index (κ3) is 3.64. The maximum absolute atomic E-state index is 11.6. The Morgan fingerprint density at radius 2 is 2.00 bits per heavy atom. The summed E-state index contributed by atoms with van der Waals surface area (Å²) in [5, 5.41) is 0. The number of para-hydroxylation sites is 1. The van der Waals surface area contributed by atoms with Gasteiger partial charge >= 0.3 is 0 Å². The summed E-state index contributed by atoms with van der Waals surface area (Å²) in [7, 11) is 0. The molecule has 0 radical (unpaired) electrons. The van der Waals surface area contributed by atoms with Crippen LogP contribution in [0.3, 0.4) is 0 Å². The van der Waals surface area contributed by atoms with E-state index in [1.807, 2.05) is 12.1 Å². The topological polar surface area (TPSA) is 75.0 Å². The number of carbonyl (C=O) groups is 1. The lowest BCUT2D eigenvalue weighted by molar-refractivity contribution is 0.100. The molecular formula is C16H25Cl3N4O. The van der Waals surface area contributed by atoms with Gasteiger partial charge in [0.25, 0.3) is 5.91 Å². The van der Waals surface area contributed by atoms with Crippen LogP contribution < -0.4 is 5.73 Å². The summed E-state index contributed by atoms with van der Waals surface area (Å²) in [6, 6.07) is 5.96. The first-order valence-electron chi connectivity index (χ1n) is 7.49. The quantitative estimate of drug-likeness (QED) is 0.833. The van der Waals surface area contributed by atoms with Crippen LogP contribution in [0.5, 0.6) is 0 Å². The normalized spacial score (nSPS) is 20.3. The smallest absolute Gasteiger partial charge is 0.250 e. The summed E-state index contributed by atoms with van der Waals surface area (Å²) >= 11 is 0. The number of halogens is 3. The van der Waals surface area contributed by atoms with Gasteiger partial charge in [-0.15, -0.1) is 37.2 Å². The van der Waals surface area contributed by atoms with E-state index in [2.05, 4.69) is 30.7 Å². The van der Waals surface area contributed by atoms with Crippen LogP contribution in [0.4, 0.5) is 0 Å². The molecule has 2 heterocycles. The highest BCUT2D eigenvalue weighted by atomic mass is 35.5. The predicted molar refractivity (Wildman–Crippen MR) is 105 cm³/mol. The summed E-state index contributed by atoms with van der Waals surface area (Å²) in [6.07, 6.45) is 2.23. The Labute approximate surface area is 161 Å². The van der Waals surface area contributed by atoms with E-state index in [0.717, 1.165) is 30.7 Å². The molecule has 1 aromatic heterocycles. The Morgan fingerprint density at radius 3 is 2.58 bits per heavy atom. The van der Waals surface area contributed by atoms with Crippen LogP contribution in [-0.2, 0) is 5.54 Å². The number of rotatable bonds is 3. The minimum atomic E-state index is -0.434. The van der Waals surface area contributed by atoms with Gasteiger partial charge < -0.3 is 10.7 Å². The molecule has 136 valence electrons. The lowest BCUT2D eigenvalue weighted by Gasteiger charge is -2.36. The number of carbonyl (C=O) groups excluding carboxylic acids is 1. The van der Waals surface area contributed by atoms with Crippen molar-refractivity contribution >= 4 is 54.2 Å². The van der Waals surface area contributed by atoms with Crippen LogP contribution in [0.2, 0.25) is 0 Å². The number of fused-ring (bicyclic) bond motifs is 1. The molecule has 1 saturated heterocycles. The van der Waals surface area contributed by atoms with Crippen LogP contribution in [0.15, 0.2) is 18.2 Å². The monoisotopic (exact) mass is 394 g/mol. The molecule has 1 atom stereocenters. The van der Waals surface area contributed by atoms with Gasteiger partial charge in [-0.2, -0.15) is 0 Å². The molecule has 3 rings (SSSR count). The average Bonchev–Trinajstić information content (AvgIpc) is 3.01. The number of likely N-dealkylation sites (tertiary alicyclic amines) is 1. The number of benzene rings is 1. The number of nitrogens with one attached hydrogen (secondary N) is 1. The average molecular weight is 396 g/mol. The second kappa shape index (κ2) is 8.39. The number of H-pyrrole nitrogens is 1. The van der Waals surface area contributed by atoms with Crippen LogP contribution in [-0.4, -0.2) is 33.4 Å². The Kier molecular flexibility index (Phi) is 8.03. The van der Waals surface area contributed by atoms with Gasteiger partial charge in [-0.05, 0) is 52.3 Å². The SMILES string of the molecule is CC(C)N1CCCC1(C)c1nc2c(C(N)=O)cccc2[nH]1.Cl.Cl.Cl. The zero-order valence-electron chi connectivity index (χ0n) is 14.0. The minimum absolute atomic E-state index is 0. The fraction of sp³-hybridized carbons (Fsp3) is 0.500. The van der Waals surface area contributed by atoms with Gasteiger partial charge in [0.1, 0.15) is 11.3 Å². The van der Waals surface area contributed by atoms with Crippen LogP contribution in [0.25, 0.3) is 11.0 Å². The maximum Gasteiger partial charge on any atom is 0.250 e. The molecule has 1 aliphatic heterocycles. The number of aromatic amines is 1. The van der Waals surface area contributed by atoms with E-state index in [-0.39, 0.29) is 42.8 Å². The molecule has 0 spiro atoms. The summed E-state index contributed by atoms with van der Waals surface area (Å²) in [6.45, 7) is 7.72. The van der Waals surface area contributed by atoms with Gasteiger partial charge in [0, 0.05) is 6.04 Å². The van der Waals surface area contributed by atoms with Gasteiger partial charge in [-0.1, -0.05) is 6.07 Å². The molecule has 0 aliphatic carbocycles. The number of nitrogens with two attached hydrogens (primary N) is 1. The van der Waals surface area contributed by atoms with E-state index in [9.17, 15) is 4.79 Å². The first kappa shape index (κ1) is 23.0. The van der Waals surface area contributed by atoms with Gasteiger partial charge in [0.05, 0.1) is 16.6 Å². The minimum Gasteiger partial charge on any atom is -0.366 e. The van der Waals surface area contributed by atoms with Crippen molar-refractivity contribution in [3.63, 3.8) is 0 Å². The standard InChI is InChI=1S/C16H22N4O.3ClH/c1-10(2)20-9-5-8-16(20,3)15-18-12-7-4-6-11(14(17)21)13(12)19-15;;;/h4,6-7,10H,5,8-9H2,1-3H3,(H2,17,21)(H,18,19);3*1H. The second-order valence-electron chi connectivity index (χ2n) is 6.32. The molecule has 1 unspecified atom stereocenters. The highest BCUT2D eigenvalue weighted by Gasteiger charge is 2.41. The molecule has 24 heavy (non-hydrogen) atoms. The molecule has 8 heteroatoms. The molecule has 5 nitrogen and oxygen atoms in total. The van der Waals surface area contributed by atoms with Crippen molar-refractivity contribution in [3.05, 3.63) is 29.6 Å². The van der Waals surface area contributed by atoms with Crippen LogP contribution >= 0.6 is 37.2 Å². The van der Waals surface area contributed by atoms with Gasteiger partial charge in [0.15, 0.2) is 0 Å². The zero-order valence-corrected chi connectivity index (χ0v) is 16.5. The predicted octanol–water partition coefficient (Wildman–Crippen LogP) is 3.65. The first-order valence-corrected chi connectivity index (χ1v) is 7.49. The third-order valence-electron chi connectivity index (χ3n) is 4.61. The molecule has 0 bridgehead atoms. The largest absolute Gasteiger partial charge is 0.366 e. The van der Waals surface area contributed by atoms with E-state index >= 15 is 0 Å². The molecule has 3 N–H and O–H groups in total. The number of nitrogens with zero attached hydrogens (tertiary/aromatic N) is 2. The molecule has 0 saturated carbocycles. The Hall–Kier alpha value is -1.01. The highest BCUT2D eigenvalue weighted by molar-refractivity contribution is 6.04. The Morgan fingerprint density at radius 1 is 1.33 bits per heavy atom. The molecule has 1 fully saturated rings. The first-order chi connectivity index (χ1) is 9.93. The molecule has 2 aromatic rings. The number of primary amides is 1. The van der Waals surface area contributed by atoms with Crippen molar-refractivity contribution in [2.24, 2.45) is 5.73 Å². The van der Waals surface area contributed by atoms with Crippen LogP contribution in [0.1, 0.15) is 49.8 Å². The maximum atomic E-state index is 11.6. The van der Waals surface area contributed by atoms with Crippen LogP contribution in [0, 0.1) is 0 Å².